The number of allylic oxidation sites excluding steroid dienone is 4. The normalized spacial score (nSPS) is 22.5. The molecule has 0 spiro atoms. The average Bonchev–Trinajstić information content (AvgIpc) is 2.62. The highest BCUT2D eigenvalue weighted by Gasteiger charge is 2.31. The molecule has 0 aliphatic heterocycles. The number of para-hydroxylation sites is 1. The van der Waals surface area contributed by atoms with E-state index < -0.39 is 0 Å². The lowest BCUT2D eigenvalue weighted by molar-refractivity contribution is 0.494. The maximum absolute atomic E-state index is 4.80. The van der Waals surface area contributed by atoms with E-state index in [1.807, 2.05) is 6.07 Å². The minimum Gasteiger partial charge on any atom is -0.253 e. The molecule has 1 aliphatic rings. The first kappa shape index (κ1) is 13.1. The highest BCUT2D eigenvalue weighted by molar-refractivity contribution is 5.78. The molecule has 0 amide bonds. The molecule has 1 heteroatoms. The maximum Gasteiger partial charge on any atom is 0.0705 e. The molecule has 3 rings (SSSR count). The number of fused-ring (bicyclic) bond motifs is 1. The summed E-state index contributed by atoms with van der Waals surface area (Å²) < 4.78 is 0. The van der Waals surface area contributed by atoms with Crippen molar-refractivity contribution in [1.82, 2.24) is 4.98 Å². The van der Waals surface area contributed by atoms with Gasteiger partial charge < -0.3 is 0 Å². The Kier molecular flexibility index (Phi) is 3.01. The van der Waals surface area contributed by atoms with Gasteiger partial charge in [0.25, 0.3) is 0 Å². The van der Waals surface area contributed by atoms with Crippen molar-refractivity contribution in [2.45, 2.75) is 34.1 Å². The van der Waals surface area contributed by atoms with Gasteiger partial charge in [-0.2, -0.15) is 0 Å². The van der Waals surface area contributed by atoms with Crippen LogP contribution in [0.5, 0.6) is 0 Å². The molecule has 0 fully saturated rings. The van der Waals surface area contributed by atoms with Crippen LogP contribution < -0.4 is 0 Å². The summed E-state index contributed by atoms with van der Waals surface area (Å²) in [7, 11) is 0. The zero-order chi connectivity index (χ0) is 14.3. The van der Waals surface area contributed by atoms with Gasteiger partial charge in [-0.3, -0.25) is 4.98 Å². The van der Waals surface area contributed by atoms with E-state index in [-0.39, 0.29) is 5.41 Å². The summed E-state index contributed by atoms with van der Waals surface area (Å²) in [5, 5.41) is 1.20. The van der Waals surface area contributed by atoms with E-state index in [0.717, 1.165) is 17.6 Å². The fraction of sp³-hybridized carbons (Fsp3) is 0.316. The Bertz CT molecular complexity index is 736. The molecule has 1 unspecified atom stereocenters. The van der Waals surface area contributed by atoms with Crippen LogP contribution in [-0.4, -0.2) is 4.98 Å². The summed E-state index contributed by atoms with van der Waals surface area (Å²) in [4.78, 5) is 4.80. The standard InChI is InChI=1S/C19H20N/c1-13-11-19(4,15(3)14(13)2)12-17-10-9-16-7-5-6-8-18(16)20-17/h5-10H,12H2,1-4H3. The van der Waals surface area contributed by atoms with Crippen LogP contribution in [0.4, 0.5) is 0 Å². The third-order valence-corrected chi connectivity index (χ3v) is 4.61. The third kappa shape index (κ3) is 2.07. The highest BCUT2D eigenvalue weighted by Crippen LogP contribution is 2.41. The van der Waals surface area contributed by atoms with Crippen LogP contribution in [0.1, 0.15) is 33.4 Å². The van der Waals surface area contributed by atoms with Crippen molar-refractivity contribution in [3.8, 4) is 0 Å². The predicted molar refractivity (Wildman–Crippen MR) is 84.4 cm³/mol. The molecule has 101 valence electrons. The number of hydrogen-bond donors (Lipinski definition) is 0. The minimum atomic E-state index is -0.0103. The van der Waals surface area contributed by atoms with Gasteiger partial charge in [0, 0.05) is 22.9 Å². The minimum absolute atomic E-state index is 0.0103. The fourth-order valence-corrected chi connectivity index (χ4v) is 3.04. The number of nitrogens with zero attached hydrogens (tertiary/aromatic N) is 1. The Morgan fingerprint density at radius 2 is 1.80 bits per heavy atom. The summed E-state index contributed by atoms with van der Waals surface area (Å²) >= 11 is 0. The van der Waals surface area contributed by atoms with Crippen molar-refractivity contribution >= 4 is 10.9 Å². The van der Waals surface area contributed by atoms with E-state index in [9.17, 15) is 0 Å². The van der Waals surface area contributed by atoms with Crippen molar-refractivity contribution < 1.29 is 0 Å². The van der Waals surface area contributed by atoms with Crippen LogP contribution in [-0.2, 0) is 6.42 Å². The lowest BCUT2D eigenvalue weighted by Crippen LogP contribution is -2.18. The second-order valence-electron chi connectivity index (χ2n) is 6.00. The van der Waals surface area contributed by atoms with Crippen LogP contribution in [0, 0.1) is 11.5 Å². The van der Waals surface area contributed by atoms with Gasteiger partial charge in [0.15, 0.2) is 0 Å². The Balaban J connectivity index is 1.98. The van der Waals surface area contributed by atoms with Gasteiger partial charge in [0.2, 0.25) is 0 Å². The second-order valence-corrected chi connectivity index (χ2v) is 6.00. The molecule has 1 nitrogen and oxygen atoms in total. The lowest BCUT2D eigenvalue weighted by Gasteiger charge is -2.24. The first-order chi connectivity index (χ1) is 9.49. The summed E-state index contributed by atoms with van der Waals surface area (Å²) in [6.45, 7) is 8.83. The van der Waals surface area contributed by atoms with Gasteiger partial charge in [0.1, 0.15) is 0 Å². The average molecular weight is 262 g/mol. The zero-order valence-corrected chi connectivity index (χ0v) is 12.6. The van der Waals surface area contributed by atoms with E-state index in [1.54, 1.807) is 0 Å². The Labute approximate surface area is 121 Å². The predicted octanol–water partition coefficient (Wildman–Crippen LogP) is 4.88. The Morgan fingerprint density at radius 1 is 1.05 bits per heavy atom. The van der Waals surface area contributed by atoms with Crippen LogP contribution in [0.15, 0.2) is 53.1 Å². The molecule has 0 N–H and O–H groups in total. The van der Waals surface area contributed by atoms with Gasteiger partial charge in [-0.15, -0.1) is 0 Å². The van der Waals surface area contributed by atoms with Crippen LogP contribution in [0.25, 0.3) is 10.9 Å². The lowest BCUT2D eigenvalue weighted by atomic mass is 9.80. The fourth-order valence-electron chi connectivity index (χ4n) is 3.04. The van der Waals surface area contributed by atoms with E-state index >= 15 is 0 Å². The molecule has 1 radical (unpaired) electrons. The molecular weight excluding hydrogens is 242 g/mol. The third-order valence-electron chi connectivity index (χ3n) is 4.61. The molecule has 0 saturated heterocycles. The van der Waals surface area contributed by atoms with Crippen molar-refractivity contribution in [3.05, 3.63) is 64.9 Å². The van der Waals surface area contributed by atoms with Crippen molar-refractivity contribution in [2.75, 3.05) is 0 Å². The number of aromatic nitrogens is 1. The van der Waals surface area contributed by atoms with Crippen molar-refractivity contribution in [3.63, 3.8) is 0 Å². The molecule has 1 aromatic carbocycles. The highest BCUT2D eigenvalue weighted by atomic mass is 14.7. The SMILES string of the molecule is CC1=[C]C(C)(Cc2ccc3ccccc3n2)C(C)=C1C. The second kappa shape index (κ2) is 4.59. The van der Waals surface area contributed by atoms with Gasteiger partial charge in [-0.05, 0) is 50.1 Å². The largest absolute Gasteiger partial charge is 0.253 e. The first-order valence-electron chi connectivity index (χ1n) is 7.14. The van der Waals surface area contributed by atoms with E-state index in [0.29, 0.717) is 0 Å². The maximum atomic E-state index is 4.80. The molecular formula is C19H20N. The quantitative estimate of drug-likeness (QED) is 0.751. The Morgan fingerprint density at radius 3 is 2.50 bits per heavy atom. The molecule has 0 saturated carbocycles. The van der Waals surface area contributed by atoms with Gasteiger partial charge >= 0.3 is 0 Å². The van der Waals surface area contributed by atoms with Gasteiger partial charge in [0.05, 0.1) is 5.52 Å². The smallest absolute Gasteiger partial charge is 0.0705 e. The molecule has 20 heavy (non-hydrogen) atoms. The summed E-state index contributed by atoms with van der Waals surface area (Å²) in [6, 6.07) is 12.6. The van der Waals surface area contributed by atoms with Crippen LogP contribution in [0.2, 0.25) is 0 Å². The molecule has 2 aromatic rings. The van der Waals surface area contributed by atoms with Crippen molar-refractivity contribution in [2.24, 2.45) is 5.41 Å². The molecule has 1 aliphatic carbocycles. The molecule has 0 bridgehead atoms. The molecule has 1 aromatic heterocycles. The summed E-state index contributed by atoms with van der Waals surface area (Å²) in [6.07, 6.45) is 4.54. The van der Waals surface area contributed by atoms with Gasteiger partial charge in [-0.25, -0.2) is 0 Å². The zero-order valence-electron chi connectivity index (χ0n) is 12.6. The summed E-state index contributed by atoms with van der Waals surface area (Å²) in [5.74, 6) is 0. The monoisotopic (exact) mass is 262 g/mol. The first-order valence-corrected chi connectivity index (χ1v) is 7.14. The van der Waals surface area contributed by atoms with E-state index in [1.165, 1.54) is 22.1 Å². The number of rotatable bonds is 2. The van der Waals surface area contributed by atoms with Crippen LogP contribution >= 0.6 is 0 Å². The van der Waals surface area contributed by atoms with E-state index in [2.05, 4.69) is 64.1 Å². The van der Waals surface area contributed by atoms with Crippen LogP contribution in [0.3, 0.4) is 0 Å². The molecule has 1 atom stereocenters. The van der Waals surface area contributed by atoms with Gasteiger partial charge in [-0.1, -0.05) is 36.8 Å². The summed E-state index contributed by atoms with van der Waals surface area (Å²) in [5.41, 5.74) is 6.29. The Hall–Kier alpha value is -1.89. The topological polar surface area (TPSA) is 12.9 Å². The van der Waals surface area contributed by atoms with E-state index in [4.69, 9.17) is 4.98 Å². The molecule has 1 heterocycles. The number of benzene rings is 1. The number of hydrogen-bond acceptors (Lipinski definition) is 1. The number of pyridine rings is 1. The van der Waals surface area contributed by atoms with Crippen molar-refractivity contribution in [1.29, 1.82) is 0 Å².